The molecule has 1 rings (SSSR count). The second-order valence-electron chi connectivity index (χ2n) is 5.64. The van der Waals surface area contributed by atoms with Gasteiger partial charge in [-0.25, -0.2) is 4.79 Å². The summed E-state index contributed by atoms with van der Waals surface area (Å²) in [6, 6.07) is -0.876. The maximum atomic E-state index is 12.1. The number of nitrogens with one attached hydrogen (secondary N) is 2. The smallest absolute Gasteiger partial charge is 0.325 e. The summed E-state index contributed by atoms with van der Waals surface area (Å²) < 4.78 is 0. The van der Waals surface area contributed by atoms with Crippen molar-refractivity contribution >= 4 is 17.8 Å². The minimum absolute atomic E-state index is 0.0923. The first-order valence-corrected chi connectivity index (χ1v) is 7.30. The summed E-state index contributed by atoms with van der Waals surface area (Å²) >= 11 is 0. The molecule has 20 heavy (non-hydrogen) atoms. The summed E-state index contributed by atoms with van der Waals surface area (Å²) in [4.78, 5) is 36.7. The zero-order chi connectivity index (χ0) is 15.3. The highest BCUT2D eigenvalue weighted by Crippen LogP contribution is 2.13. The van der Waals surface area contributed by atoms with Crippen LogP contribution >= 0.6 is 0 Å². The number of urea groups is 1. The van der Waals surface area contributed by atoms with Crippen molar-refractivity contribution in [2.24, 2.45) is 5.92 Å². The van der Waals surface area contributed by atoms with E-state index in [2.05, 4.69) is 10.6 Å². The predicted molar refractivity (Wildman–Crippen MR) is 76.0 cm³/mol. The van der Waals surface area contributed by atoms with Gasteiger partial charge in [0.05, 0.1) is 0 Å². The monoisotopic (exact) mass is 283 g/mol. The van der Waals surface area contributed by atoms with Crippen molar-refractivity contribution in [1.29, 1.82) is 0 Å². The Hall–Kier alpha value is -1.59. The van der Waals surface area contributed by atoms with Crippen LogP contribution in [0.3, 0.4) is 0 Å². The van der Waals surface area contributed by atoms with Crippen LogP contribution < -0.4 is 10.6 Å². The fourth-order valence-corrected chi connectivity index (χ4v) is 2.27. The lowest BCUT2D eigenvalue weighted by molar-refractivity contribution is -0.132. The molecule has 0 aromatic carbocycles. The Morgan fingerprint density at radius 1 is 1.30 bits per heavy atom. The number of hydrogen-bond acceptors (Lipinski definition) is 3. The Balaban J connectivity index is 2.57. The SMILES string of the molecule is CCC(CC)NC(=O)CN1C(=O)N[C@@H](CC(C)C)C1=O. The van der Waals surface area contributed by atoms with Crippen LogP contribution in [0.15, 0.2) is 0 Å². The van der Waals surface area contributed by atoms with Crippen molar-refractivity contribution in [2.45, 2.75) is 59.0 Å². The van der Waals surface area contributed by atoms with Gasteiger partial charge in [0.25, 0.3) is 5.91 Å². The van der Waals surface area contributed by atoms with Crippen molar-refractivity contribution in [3.8, 4) is 0 Å². The predicted octanol–water partition coefficient (Wildman–Crippen LogP) is 1.26. The average molecular weight is 283 g/mol. The van der Waals surface area contributed by atoms with E-state index in [0.717, 1.165) is 17.7 Å². The van der Waals surface area contributed by atoms with E-state index < -0.39 is 12.1 Å². The van der Waals surface area contributed by atoms with Gasteiger partial charge in [-0.15, -0.1) is 0 Å². The Morgan fingerprint density at radius 2 is 1.90 bits per heavy atom. The van der Waals surface area contributed by atoms with E-state index in [1.54, 1.807) is 0 Å². The van der Waals surface area contributed by atoms with Gasteiger partial charge in [-0.05, 0) is 25.2 Å². The minimum Gasteiger partial charge on any atom is -0.352 e. The molecule has 0 saturated carbocycles. The maximum absolute atomic E-state index is 12.1. The van der Waals surface area contributed by atoms with E-state index in [4.69, 9.17) is 0 Å². The Morgan fingerprint density at radius 3 is 2.40 bits per heavy atom. The highest BCUT2D eigenvalue weighted by molar-refractivity contribution is 6.06. The third kappa shape index (κ3) is 4.21. The molecule has 6 nitrogen and oxygen atoms in total. The number of carbonyl (C=O) groups excluding carboxylic acids is 3. The number of amides is 4. The average Bonchev–Trinajstić information content (AvgIpc) is 2.63. The standard InChI is InChI=1S/C14H25N3O3/c1-5-10(6-2)15-12(18)8-17-13(19)11(7-9(3)4)16-14(17)20/h9-11H,5-8H2,1-4H3,(H,15,18)(H,16,20)/t11-/m0/s1. The van der Waals surface area contributed by atoms with Crippen LogP contribution in [0, 0.1) is 5.92 Å². The quantitative estimate of drug-likeness (QED) is 0.690. The highest BCUT2D eigenvalue weighted by atomic mass is 16.2. The van der Waals surface area contributed by atoms with Gasteiger partial charge in [-0.2, -0.15) is 0 Å². The van der Waals surface area contributed by atoms with E-state index in [1.807, 2.05) is 27.7 Å². The van der Waals surface area contributed by atoms with Crippen molar-refractivity contribution in [3.63, 3.8) is 0 Å². The van der Waals surface area contributed by atoms with Crippen molar-refractivity contribution < 1.29 is 14.4 Å². The summed E-state index contributed by atoms with van der Waals surface area (Å²) in [6.45, 7) is 7.75. The van der Waals surface area contributed by atoms with Crippen LogP contribution in [0.5, 0.6) is 0 Å². The molecule has 1 fully saturated rings. The molecule has 0 bridgehead atoms. The van der Waals surface area contributed by atoms with Crippen LogP contribution in [-0.2, 0) is 9.59 Å². The fourth-order valence-electron chi connectivity index (χ4n) is 2.27. The van der Waals surface area contributed by atoms with Gasteiger partial charge in [0.1, 0.15) is 12.6 Å². The number of nitrogens with zero attached hydrogens (tertiary/aromatic N) is 1. The third-order valence-corrected chi connectivity index (χ3v) is 3.47. The molecular weight excluding hydrogens is 258 g/mol. The minimum atomic E-state index is -0.497. The molecule has 2 N–H and O–H groups in total. The summed E-state index contributed by atoms with van der Waals surface area (Å²) in [5, 5.41) is 5.46. The van der Waals surface area contributed by atoms with Gasteiger partial charge < -0.3 is 10.6 Å². The molecule has 0 unspecified atom stereocenters. The van der Waals surface area contributed by atoms with Crippen LogP contribution in [0.25, 0.3) is 0 Å². The molecule has 6 heteroatoms. The fraction of sp³-hybridized carbons (Fsp3) is 0.786. The summed E-state index contributed by atoms with van der Waals surface area (Å²) in [7, 11) is 0. The Labute approximate surface area is 120 Å². The Bertz CT molecular complexity index is 378. The van der Waals surface area contributed by atoms with Gasteiger partial charge in [-0.3, -0.25) is 14.5 Å². The highest BCUT2D eigenvalue weighted by Gasteiger charge is 2.39. The van der Waals surface area contributed by atoms with E-state index >= 15 is 0 Å². The molecule has 0 aliphatic carbocycles. The van der Waals surface area contributed by atoms with Gasteiger partial charge >= 0.3 is 6.03 Å². The molecule has 0 aromatic rings. The number of hydrogen-bond donors (Lipinski definition) is 2. The first-order chi connectivity index (χ1) is 9.38. The van der Waals surface area contributed by atoms with Gasteiger partial charge in [0, 0.05) is 6.04 Å². The van der Waals surface area contributed by atoms with E-state index in [0.29, 0.717) is 12.3 Å². The molecule has 1 aliphatic heterocycles. The normalized spacial score (nSPS) is 18.9. The zero-order valence-corrected chi connectivity index (χ0v) is 12.7. The van der Waals surface area contributed by atoms with Crippen molar-refractivity contribution in [2.75, 3.05) is 6.54 Å². The molecule has 4 amide bonds. The summed E-state index contributed by atoms with van der Waals surface area (Å²) in [6.07, 6.45) is 2.26. The number of carbonyl (C=O) groups is 3. The lowest BCUT2D eigenvalue weighted by Crippen LogP contribution is -2.44. The maximum Gasteiger partial charge on any atom is 0.325 e. The van der Waals surface area contributed by atoms with Gasteiger partial charge in [-0.1, -0.05) is 27.7 Å². The van der Waals surface area contributed by atoms with Crippen molar-refractivity contribution in [3.05, 3.63) is 0 Å². The zero-order valence-electron chi connectivity index (χ0n) is 12.7. The molecule has 1 heterocycles. The lowest BCUT2D eigenvalue weighted by Gasteiger charge is -2.17. The van der Waals surface area contributed by atoms with Gasteiger partial charge in [0.15, 0.2) is 0 Å². The molecule has 114 valence electrons. The first kappa shape index (κ1) is 16.5. The van der Waals surface area contributed by atoms with Crippen LogP contribution in [0.1, 0.15) is 47.0 Å². The van der Waals surface area contributed by atoms with Crippen LogP contribution in [0.4, 0.5) is 4.79 Å². The third-order valence-electron chi connectivity index (χ3n) is 3.47. The lowest BCUT2D eigenvalue weighted by atomic mass is 10.0. The summed E-state index contributed by atoms with van der Waals surface area (Å²) in [5.74, 6) is -0.279. The topological polar surface area (TPSA) is 78.5 Å². The molecule has 1 aliphatic rings. The van der Waals surface area contributed by atoms with E-state index in [-0.39, 0.29) is 24.4 Å². The first-order valence-electron chi connectivity index (χ1n) is 7.30. The molecule has 0 aromatic heterocycles. The summed E-state index contributed by atoms with van der Waals surface area (Å²) in [5.41, 5.74) is 0. The molecule has 1 saturated heterocycles. The van der Waals surface area contributed by atoms with Crippen molar-refractivity contribution in [1.82, 2.24) is 15.5 Å². The largest absolute Gasteiger partial charge is 0.352 e. The molecule has 0 radical (unpaired) electrons. The molecule has 1 atom stereocenters. The van der Waals surface area contributed by atoms with E-state index in [1.165, 1.54) is 0 Å². The molecule has 0 spiro atoms. The Kier molecular flexibility index (Phi) is 5.98. The van der Waals surface area contributed by atoms with Gasteiger partial charge in [0.2, 0.25) is 5.91 Å². The van der Waals surface area contributed by atoms with Crippen LogP contribution in [0.2, 0.25) is 0 Å². The van der Waals surface area contributed by atoms with Crippen LogP contribution in [-0.4, -0.2) is 41.4 Å². The second-order valence-corrected chi connectivity index (χ2v) is 5.64. The number of rotatable bonds is 7. The molecular formula is C14H25N3O3. The van der Waals surface area contributed by atoms with E-state index in [9.17, 15) is 14.4 Å². The number of imide groups is 1. The second kappa shape index (κ2) is 7.26.